The average molecular weight is 427 g/mol. The highest BCUT2D eigenvalue weighted by Gasteiger charge is 2.13. The summed E-state index contributed by atoms with van der Waals surface area (Å²) in [4.78, 5) is 0. The van der Waals surface area contributed by atoms with Gasteiger partial charge >= 0.3 is 14.5 Å². The Bertz CT molecular complexity index is 182. The first-order valence-corrected chi connectivity index (χ1v) is 14.5. The van der Waals surface area contributed by atoms with E-state index in [0.29, 0.717) is 13.2 Å². The first-order valence-electron chi connectivity index (χ1n) is 9.99. The molecule has 0 saturated heterocycles. The fourth-order valence-electron chi connectivity index (χ4n) is 2.02. The molecule has 0 saturated carbocycles. The predicted octanol–water partition coefficient (Wildman–Crippen LogP) is 6.54. The van der Waals surface area contributed by atoms with Crippen molar-refractivity contribution in [2.45, 2.75) is 97.2 Å². The van der Waals surface area contributed by atoms with Crippen molar-refractivity contribution in [3.8, 4) is 0 Å². The normalized spacial score (nSPS) is 8.44. The molecule has 0 aliphatic carbocycles. The van der Waals surface area contributed by atoms with Crippen molar-refractivity contribution in [1.29, 1.82) is 0 Å². The summed E-state index contributed by atoms with van der Waals surface area (Å²) in [5.74, 6) is 0. The summed E-state index contributed by atoms with van der Waals surface area (Å²) in [6.45, 7) is 19.0. The molecule has 0 aromatic heterocycles. The first kappa shape index (κ1) is 42.1. The molecule has 0 aromatic rings. The van der Waals surface area contributed by atoms with Crippen LogP contribution >= 0.6 is 0 Å². The second-order valence-corrected chi connectivity index (χ2v) is 12.9. The molecule has 0 heterocycles. The number of hydrogen-bond donors (Lipinski definition) is 1. The van der Waals surface area contributed by atoms with Crippen LogP contribution in [0.4, 0.5) is 0 Å². The summed E-state index contributed by atoms with van der Waals surface area (Å²) >= 11 is -0.986. The van der Waals surface area contributed by atoms with Gasteiger partial charge in [0, 0.05) is 19.8 Å². The van der Waals surface area contributed by atoms with Gasteiger partial charge in [0.2, 0.25) is 0 Å². The SMILES string of the molecule is C.C.C.CCOCCO.CCOCC[O][Al]([CH2]C)[CH2]C.C[CH2][Al]([CH2]C)[CH2]C. The maximum atomic E-state index is 8.07. The van der Waals surface area contributed by atoms with E-state index in [-0.39, 0.29) is 43.0 Å². The zero-order valence-electron chi connectivity index (χ0n) is 17.6. The lowest BCUT2D eigenvalue weighted by Crippen LogP contribution is -2.18. The van der Waals surface area contributed by atoms with E-state index >= 15 is 0 Å². The van der Waals surface area contributed by atoms with Crippen molar-refractivity contribution in [3.63, 3.8) is 0 Å². The molecule has 0 fully saturated rings. The van der Waals surface area contributed by atoms with Crippen molar-refractivity contribution >= 4 is 28.6 Å². The Morgan fingerprint density at radius 1 is 0.593 bits per heavy atom. The van der Waals surface area contributed by atoms with Gasteiger partial charge in [-0.3, -0.25) is 0 Å². The molecule has 0 bridgehead atoms. The highest BCUT2D eigenvalue weighted by molar-refractivity contribution is 6.58. The fourth-order valence-corrected chi connectivity index (χ4v) is 5.23. The molecule has 0 radical (unpaired) electrons. The standard InChI is InChI=1S/C4H10O2.C4H9O2.5C2H5.3CH4.2Al/c2*1-2-6-4-3-5;5*1-2;;;;;/h5H,2-4H2,1H3;2-4H2,1H3;5*1H2,2H3;3*1H4;;/q;-1;;;;;;;;;;+1. The summed E-state index contributed by atoms with van der Waals surface area (Å²) in [7, 11) is 0. The molecule has 0 amide bonds. The molecule has 27 heavy (non-hydrogen) atoms. The topological polar surface area (TPSA) is 47.9 Å². The molecule has 0 atom stereocenters. The summed E-state index contributed by atoms with van der Waals surface area (Å²) in [6.07, 6.45) is 0. The fraction of sp³-hybridized carbons (Fsp3) is 1.00. The Morgan fingerprint density at radius 3 is 1.22 bits per heavy atom. The van der Waals surface area contributed by atoms with E-state index in [0.717, 1.165) is 19.8 Å². The van der Waals surface area contributed by atoms with Gasteiger partial charge in [-0.1, -0.05) is 83.3 Å². The van der Waals surface area contributed by atoms with Crippen LogP contribution in [-0.2, 0) is 13.3 Å². The molecule has 0 rings (SSSR count). The van der Waals surface area contributed by atoms with Gasteiger partial charge in [-0.2, -0.15) is 0 Å². The van der Waals surface area contributed by atoms with E-state index in [1.807, 2.05) is 13.8 Å². The number of aliphatic hydroxyl groups excluding tert-OH is 1. The lowest BCUT2D eigenvalue weighted by atomic mass is 10.8. The summed E-state index contributed by atoms with van der Waals surface area (Å²) in [5.41, 5.74) is 0. The molecule has 0 aliphatic heterocycles. The molecule has 170 valence electrons. The van der Waals surface area contributed by atoms with Gasteiger partial charge in [0.05, 0.1) is 19.8 Å². The van der Waals surface area contributed by atoms with Gasteiger partial charge in [-0.05, 0) is 13.8 Å². The number of aliphatic hydroxyl groups is 1. The van der Waals surface area contributed by atoms with Crippen LogP contribution in [0.5, 0.6) is 0 Å². The van der Waals surface area contributed by atoms with Crippen molar-refractivity contribution < 1.29 is 18.4 Å². The maximum absolute atomic E-state index is 8.07. The van der Waals surface area contributed by atoms with E-state index in [1.54, 1.807) is 0 Å². The van der Waals surface area contributed by atoms with Crippen LogP contribution in [0.25, 0.3) is 0 Å². The summed E-state index contributed by atoms with van der Waals surface area (Å²) < 4.78 is 15.6. The highest BCUT2D eigenvalue weighted by Crippen LogP contribution is 2.01. The van der Waals surface area contributed by atoms with Crippen molar-refractivity contribution in [3.05, 3.63) is 0 Å². The van der Waals surface area contributed by atoms with Gasteiger partial charge in [0.25, 0.3) is 14.1 Å². The van der Waals surface area contributed by atoms with E-state index in [9.17, 15) is 0 Å². The largest absolute Gasteiger partial charge is 0.499 e. The Labute approximate surface area is 183 Å². The Balaban J connectivity index is -0.0000000611. The lowest BCUT2D eigenvalue weighted by Gasteiger charge is -2.08. The summed E-state index contributed by atoms with van der Waals surface area (Å²) in [6, 6.07) is 0. The van der Waals surface area contributed by atoms with Crippen LogP contribution in [0.3, 0.4) is 0 Å². The molecular formula is C21H56Al2O4. The van der Waals surface area contributed by atoms with E-state index < -0.39 is 14.5 Å². The van der Waals surface area contributed by atoms with Crippen LogP contribution in [0, 0.1) is 0 Å². The van der Waals surface area contributed by atoms with Gasteiger partial charge in [0.15, 0.2) is 0 Å². The Kier molecular flexibility index (Phi) is 64.4. The molecule has 0 spiro atoms. The van der Waals surface area contributed by atoms with Crippen molar-refractivity contribution in [2.24, 2.45) is 0 Å². The number of rotatable bonds is 13. The predicted molar refractivity (Wildman–Crippen MR) is 130 cm³/mol. The maximum Gasteiger partial charge on any atom is 0.460 e. The minimum atomic E-state index is -0.815. The Morgan fingerprint density at radius 2 is 1.00 bits per heavy atom. The molecule has 0 unspecified atom stereocenters. The highest BCUT2D eigenvalue weighted by atomic mass is 27.2. The van der Waals surface area contributed by atoms with Gasteiger partial charge in [0.1, 0.15) is 0 Å². The number of ether oxygens (including phenoxy) is 2. The summed E-state index contributed by atoms with van der Waals surface area (Å²) in [5, 5.41) is 15.0. The van der Waals surface area contributed by atoms with E-state index in [2.05, 4.69) is 34.6 Å². The second-order valence-electron chi connectivity index (χ2n) is 5.52. The van der Waals surface area contributed by atoms with Crippen molar-refractivity contribution in [2.75, 3.05) is 39.6 Å². The minimum absolute atomic E-state index is 0. The molecule has 6 heteroatoms. The lowest BCUT2D eigenvalue weighted by molar-refractivity contribution is 0.102. The average Bonchev–Trinajstić information content (AvgIpc) is 2.63. The molecule has 0 aliphatic rings. The third kappa shape index (κ3) is 42.1. The van der Waals surface area contributed by atoms with Gasteiger partial charge in [-0.15, -0.1) is 0 Å². The van der Waals surface area contributed by atoms with Gasteiger partial charge < -0.3 is 18.4 Å². The van der Waals surface area contributed by atoms with Crippen LogP contribution in [0.1, 0.15) is 70.7 Å². The molecule has 4 nitrogen and oxygen atoms in total. The second kappa shape index (κ2) is 41.3. The van der Waals surface area contributed by atoms with Crippen molar-refractivity contribution in [1.82, 2.24) is 0 Å². The Hall–Kier alpha value is 0.905. The van der Waals surface area contributed by atoms with Crippen LogP contribution in [0.2, 0.25) is 26.4 Å². The van der Waals surface area contributed by atoms with Crippen LogP contribution < -0.4 is 0 Å². The first-order chi connectivity index (χ1) is 11.6. The third-order valence-electron chi connectivity index (χ3n) is 3.87. The quantitative estimate of drug-likeness (QED) is 0.268. The van der Waals surface area contributed by atoms with Gasteiger partial charge in [-0.25, -0.2) is 0 Å². The minimum Gasteiger partial charge on any atom is -0.499 e. The van der Waals surface area contributed by atoms with Crippen LogP contribution in [-0.4, -0.2) is 73.4 Å². The monoisotopic (exact) mass is 426 g/mol. The molecule has 1 N–H and O–H groups in total. The van der Waals surface area contributed by atoms with E-state index in [4.69, 9.17) is 18.4 Å². The van der Waals surface area contributed by atoms with Crippen LogP contribution in [0.15, 0.2) is 0 Å². The number of hydrogen-bond acceptors (Lipinski definition) is 4. The molecular weight excluding hydrogens is 370 g/mol. The molecule has 0 aromatic carbocycles. The van der Waals surface area contributed by atoms with E-state index in [1.165, 1.54) is 26.4 Å². The zero-order valence-corrected chi connectivity index (χ0v) is 19.9. The smallest absolute Gasteiger partial charge is 0.460 e. The zero-order chi connectivity index (χ0) is 19.1. The third-order valence-corrected chi connectivity index (χ3v) is 9.86.